The van der Waals surface area contributed by atoms with Crippen molar-refractivity contribution in [3.63, 3.8) is 0 Å². The summed E-state index contributed by atoms with van der Waals surface area (Å²) in [5.74, 6) is -5.19. The average molecular weight is 401 g/mol. The number of aliphatic hydroxyl groups is 1. The van der Waals surface area contributed by atoms with Crippen LogP contribution in [-0.4, -0.2) is 72.3 Å². The van der Waals surface area contributed by atoms with Crippen molar-refractivity contribution in [3.05, 3.63) is 0 Å². The van der Waals surface area contributed by atoms with Gasteiger partial charge < -0.3 is 29.4 Å². The highest BCUT2D eigenvalue weighted by atomic mass is 19.4. The zero-order valence-electron chi connectivity index (χ0n) is 14.4. The van der Waals surface area contributed by atoms with Crippen molar-refractivity contribution in [2.45, 2.75) is 57.6 Å². The van der Waals surface area contributed by atoms with Gasteiger partial charge in [-0.15, -0.1) is 0 Å². The summed E-state index contributed by atoms with van der Waals surface area (Å²) in [4.78, 5) is 44.9. The predicted molar refractivity (Wildman–Crippen MR) is 76.6 cm³/mol. The Hall–Kier alpha value is -2.41. The average Bonchev–Trinajstić information content (AvgIpc) is 2.49. The molecule has 1 saturated heterocycles. The molecule has 1 aliphatic heterocycles. The normalized spacial score (nSPS) is 28.0. The van der Waals surface area contributed by atoms with Crippen molar-refractivity contribution < 1.29 is 56.4 Å². The highest BCUT2D eigenvalue weighted by Crippen LogP contribution is 2.27. The first-order valence-corrected chi connectivity index (χ1v) is 7.52. The Balaban J connectivity index is 3.23. The second-order valence-corrected chi connectivity index (χ2v) is 5.51. The van der Waals surface area contributed by atoms with E-state index in [1.807, 2.05) is 0 Å². The minimum atomic E-state index is -5.31. The summed E-state index contributed by atoms with van der Waals surface area (Å²) in [5.41, 5.74) is 0. The van der Waals surface area contributed by atoms with Crippen molar-refractivity contribution >= 4 is 23.8 Å². The van der Waals surface area contributed by atoms with E-state index in [-0.39, 0.29) is 0 Å². The number of hydrogen-bond donors (Lipinski definition) is 2. The highest BCUT2D eigenvalue weighted by Gasteiger charge is 2.52. The van der Waals surface area contributed by atoms with Gasteiger partial charge in [0.1, 0.15) is 18.8 Å². The fraction of sp³-hybridized carbons (Fsp3) is 0.714. The maximum Gasteiger partial charge on any atom is 0.471 e. The van der Waals surface area contributed by atoms with Crippen molar-refractivity contribution in [2.24, 2.45) is 0 Å². The molecule has 1 heterocycles. The molecule has 0 unspecified atom stereocenters. The molecule has 0 aromatic heterocycles. The molecule has 1 aliphatic rings. The number of rotatable bonds is 5. The molecule has 1 fully saturated rings. The van der Waals surface area contributed by atoms with Gasteiger partial charge in [-0.2, -0.15) is 13.2 Å². The van der Waals surface area contributed by atoms with E-state index in [1.54, 1.807) is 0 Å². The lowest BCUT2D eigenvalue weighted by Crippen LogP contribution is -2.67. The van der Waals surface area contributed by atoms with Crippen LogP contribution in [0.1, 0.15) is 20.8 Å². The molecule has 10 nitrogen and oxygen atoms in total. The largest absolute Gasteiger partial charge is 0.471 e. The molecule has 154 valence electrons. The van der Waals surface area contributed by atoms with Gasteiger partial charge in [0.05, 0.1) is 0 Å². The van der Waals surface area contributed by atoms with Crippen LogP contribution in [0.15, 0.2) is 0 Å². The third-order valence-corrected chi connectivity index (χ3v) is 3.28. The van der Waals surface area contributed by atoms with Crippen LogP contribution in [0.3, 0.4) is 0 Å². The van der Waals surface area contributed by atoms with Crippen LogP contribution >= 0.6 is 0 Å². The third-order valence-electron chi connectivity index (χ3n) is 3.28. The Morgan fingerprint density at radius 1 is 1.00 bits per heavy atom. The number of amides is 1. The maximum absolute atomic E-state index is 12.6. The molecule has 0 saturated carbocycles. The molecule has 27 heavy (non-hydrogen) atoms. The van der Waals surface area contributed by atoms with Gasteiger partial charge in [0, 0.05) is 20.8 Å². The number of halogens is 3. The smallest absolute Gasteiger partial charge is 0.463 e. The van der Waals surface area contributed by atoms with Gasteiger partial charge in [0.2, 0.25) is 0 Å². The van der Waals surface area contributed by atoms with E-state index in [0.29, 0.717) is 0 Å². The van der Waals surface area contributed by atoms with Gasteiger partial charge in [0.15, 0.2) is 18.5 Å². The monoisotopic (exact) mass is 401 g/mol. The van der Waals surface area contributed by atoms with E-state index in [4.69, 9.17) is 14.2 Å². The van der Waals surface area contributed by atoms with Crippen LogP contribution in [0.25, 0.3) is 0 Å². The van der Waals surface area contributed by atoms with Crippen LogP contribution in [0.5, 0.6) is 0 Å². The maximum atomic E-state index is 12.6. The van der Waals surface area contributed by atoms with Gasteiger partial charge in [-0.3, -0.25) is 19.2 Å². The minimum Gasteiger partial charge on any atom is -0.463 e. The second kappa shape index (κ2) is 8.99. The molecular formula is C14H18F3NO9. The fourth-order valence-electron chi connectivity index (χ4n) is 2.32. The molecule has 2 N–H and O–H groups in total. The SMILES string of the molecule is CC(=O)OC[C@@H]1O[C@H](O)[C@H](OC(C)=O)[C@H](NC(=O)C(F)(F)F)[C@@H]1OC(C)=O. The van der Waals surface area contributed by atoms with Crippen LogP contribution in [0.2, 0.25) is 0 Å². The number of ether oxygens (including phenoxy) is 4. The minimum absolute atomic E-state index is 0.616. The quantitative estimate of drug-likeness (QED) is 0.447. The first-order valence-electron chi connectivity index (χ1n) is 7.52. The van der Waals surface area contributed by atoms with E-state index in [9.17, 15) is 37.5 Å². The lowest BCUT2D eigenvalue weighted by molar-refractivity contribution is -0.272. The summed E-state index contributed by atoms with van der Waals surface area (Å²) in [6.07, 6.45) is -12.2. The topological polar surface area (TPSA) is 137 Å². The van der Waals surface area contributed by atoms with Gasteiger partial charge in [-0.1, -0.05) is 0 Å². The van der Waals surface area contributed by atoms with E-state index >= 15 is 0 Å². The molecular weight excluding hydrogens is 383 g/mol. The Kier molecular flexibility index (Phi) is 7.54. The van der Waals surface area contributed by atoms with Crippen LogP contribution < -0.4 is 5.32 Å². The summed E-state index contributed by atoms with van der Waals surface area (Å²) in [6, 6.07) is -1.84. The zero-order valence-corrected chi connectivity index (χ0v) is 14.4. The zero-order chi connectivity index (χ0) is 20.9. The summed E-state index contributed by atoms with van der Waals surface area (Å²) < 4.78 is 57.2. The molecule has 0 bridgehead atoms. The van der Waals surface area contributed by atoms with E-state index < -0.39 is 67.2 Å². The summed E-state index contributed by atoms with van der Waals surface area (Å²) in [7, 11) is 0. The van der Waals surface area contributed by atoms with Crippen LogP contribution in [-0.2, 0) is 38.1 Å². The number of alkyl halides is 3. The predicted octanol–water partition coefficient (Wildman–Crippen LogP) is -0.823. The van der Waals surface area contributed by atoms with Crippen molar-refractivity contribution in [2.75, 3.05) is 6.61 Å². The van der Waals surface area contributed by atoms with E-state index in [1.165, 1.54) is 5.32 Å². The number of nitrogens with one attached hydrogen (secondary N) is 1. The second-order valence-electron chi connectivity index (χ2n) is 5.51. The lowest BCUT2D eigenvalue weighted by Gasteiger charge is -2.43. The summed E-state index contributed by atoms with van der Waals surface area (Å²) >= 11 is 0. The summed E-state index contributed by atoms with van der Waals surface area (Å²) in [6.45, 7) is 2.25. The highest BCUT2D eigenvalue weighted by molar-refractivity contribution is 5.82. The van der Waals surface area contributed by atoms with Crippen LogP contribution in [0.4, 0.5) is 13.2 Å². The Labute approximate surface area is 150 Å². The van der Waals surface area contributed by atoms with E-state index in [0.717, 1.165) is 20.8 Å². The molecule has 0 aliphatic carbocycles. The summed E-state index contributed by atoms with van der Waals surface area (Å²) in [5, 5.41) is 11.5. The molecule has 0 radical (unpaired) electrons. The number of esters is 3. The van der Waals surface area contributed by atoms with Gasteiger partial charge in [-0.05, 0) is 0 Å². The molecule has 1 amide bonds. The van der Waals surface area contributed by atoms with Gasteiger partial charge in [0.25, 0.3) is 0 Å². The number of carbonyl (C=O) groups excluding carboxylic acids is 4. The molecule has 0 aromatic rings. The van der Waals surface area contributed by atoms with Gasteiger partial charge >= 0.3 is 30.0 Å². The van der Waals surface area contributed by atoms with Crippen molar-refractivity contribution in [1.29, 1.82) is 0 Å². The molecule has 1 rings (SSSR count). The van der Waals surface area contributed by atoms with E-state index in [2.05, 4.69) is 4.74 Å². The number of carbonyl (C=O) groups is 4. The lowest BCUT2D eigenvalue weighted by atomic mass is 9.95. The first-order chi connectivity index (χ1) is 12.3. The van der Waals surface area contributed by atoms with Crippen molar-refractivity contribution in [1.82, 2.24) is 5.32 Å². The van der Waals surface area contributed by atoms with Crippen LogP contribution in [0, 0.1) is 0 Å². The Bertz CT molecular complexity index is 595. The first kappa shape index (κ1) is 22.6. The fourth-order valence-corrected chi connectivity index (χ4v) is 2.32. The molecule has 5 atom stereocenters. The Morgan fingerprint density at radius 3 is 1.96 bits per heavy atom. The molecule has 13 heteroatoms. The van der Waals surface area contributed by atoms with Gasteiger partial charge in [-0.25, -0.2) is 0 Å². The molecule has 0 aromatic carbocycles. The standard InChI is InChI=1S/C14H18F3NO9/c1-5(19)24-4-8-10(25-6(2)20)9(18-13(23)14(15,16)17)11(12(22)27-8)26-7(3)21/h8-12,22H,4H2,1-3H3,(H,18,23)/t8-,9+,10+,11+,12-/m0/s1. The Morgan fingerprint density at radius 2 is 1.52 bits per heavy atom. The van der Waals surface area contributed by atoms with Crippen molar-refractivity contribution in [3.8, 4) is 0 Å². The third kappa shape index (κ3) is 6.67. The number of hydrogen-bond acceptors (Lipinski definition) is 9. The number of aliphatic hydroxyl groups excluding tert-OH is 1. The molecule has 0 spiro atoms.